The Morgan fingerprint density at radius 2 is 1.63 bits per heavy atom. The number of fused-ring (bicyclic) bond motifs is 7. The summed E-state index contributed by atoms with van der Waals surface area (Å²) in [6.07, 6.45) is 9.81. The number of methoxy groups -OCH3 is 1. The molecule has 0 aromatic rings. The van der Waals surface area contributed by atoms with Crippen LogP contribution >= 0.6 is 0 Å². The summed E-state index contributed by atoms with van der Waals surface area (Å²) in [5.74, 6) is 0.899. The summed E-state index contributed by atoms with van der Waals surface area (Å²) in [6.45, 7) is 16.7. The smallest absolute Gasteiger partial charge is 0.309 e. The number of hydrogen-bond donors (Lipinski definition) is 2. The van der Waals surface area contributed by atoms with Crippen LogP contribution in [-0.4, -0.2) is 35.5 Å². The van der Waals surface area contributed by atoms with E-state index in [-0.39, 0.29) is 56.9 Å². The Labute approximate surface area is 213 Å². The van der Waals surface area contributed by atoms with Crippen molar-refractivity contribution >= 4 is 5.97 Å². The van der Waals surface area contributed by atoms with Crippen LogP contribution in [0.4, 0.5) is 0 Å². The largest absolute Gasteiger partial charge is 0.469 e. The van der Waals surface area contributed by atoms with Gasteiger partial charge in [0.2, 0.25) is 0 Å². The molecule has 4 saturated carbocycles. The summed E-state index contributed by atoms with van der Waals surface area (Å²) in [7, 11) is 1.49. The highest BCUT2D eigenvalue weighted by molar-refractivity contribution is 5.73. The molecule has 0 saturated heterocycles. The van der Waals surface area contributed by atoms with Crippen LogP contribution in [0, 0.1) is 56.7 Å². The van der Waals surface area contributed by atoms with Gasteiger partial charge in [0.05, 0.1) is 25.2 Å². The van der Waals surface area contributed by atoms with E-state index in [1.54, 1.807) is 0 Å². The molecule has 5 rings (SSSR count). The van der Waals surface area contributed by atoms with E-state index in [0.717, 1.165) is 51.4 Å². The van der Waals surface area contributed by atoms with E-state index >= 15 is 0 Å². The van der Waals surface area contributed by atoms with Crippen LogP contribution in [0.3, 0.4) is 0 Å². The topological polar surface area (TPSA) is 66.8 Å². The van der Waals surface area contributed by atoms with Crippen molar-refractivity contribution in [2.75, 3.05) is 7.11 Å². The van der Waals surface area contributed by atoms with Crippen LogP contribution in [0.1, 0.15) is 99.8 Å². The Morgan fingerprint density at radius 3 is 2.29 bits per heavy atom. The Kier molecular flexibility index (Phi) is 5.76. The van der Waals surface area contributed by atoms with Gasteiger partial charge in [0.15, 0.2) is 0 Å². The van der Waals surface area contributed by atoms with Gasteiger partial charge in [-0.3, -0.25) is 4.79 Å². The summed E-state index contributed by atoms with van der Waals surface area (Å²) in [5, 5.41) is 22.7. The van der Waals surface area contributed by atoms with Gasteiger partial charge in [-0.05, 0) is 96.2 Å². The van der Waals surface area contributed by atoms with Gasteiger partial charge in [-0.1, -0.05) is 60.1 Å². The highest BCUT2D eigenvalue weighted by Crippen LogP contribution is 2.74. The molecule has 0 aliphatic heterocycles. The molecule has 0 aromatic heterocycles. The SMILES string of the molecule is COC(=O)[C@@H]1CC(C)(C)C[C@H]2C3=CC[C@@H]4[C@@]5(C)CC[C@H](O)C(C)(C)[C@H]5CC[C@@]4(C)[C@]3(C)C[C@@H](O)[C@H]12. The van der Waals surface area contributed by atoms with Crippen molar-refractivity contribution in [3.05, 3.63) is 11.6 Å². The van der Waals surface area contributed by atoms with Gasteiger partial charge in [-0.2, -0.15) is 0 Å². The van der Waals surface area contributed by atoms with Crippen LogP contribution in [0.5, 0.6) is 0 Å². The van der Waals surface area contributed by atoms with Gasteiger partial charge in [0.25, 0.3) is 0 Å². The molecule has 0 heterocycles. The highest BCUT2D eigenvalue weighted by Gasteiger charge is 2.68. The lowest BCUT2D eigenvalue weighted by Gasteiger charge is -2.71. The molecular formula is C31H50O4. The number of esters is 1. The monoisotopic (exact) mass is 486 g/mol. The maximum atomic E-state index is 12.9. The predicted molar refractivity (Wildman–Crippen MR) is 138 cm³/mol. The number of ether oxygens (including phenoxy) is 1. The van der Waals surface area contributed by atoms with E-state index in [2.05, 4.69) is 54.5 Å². The minimum absolute atomic E-state index is 0.0364. The number of carbonyl (C=O) groups is 1. The van der Waals surface area contributed by atoms with E-state index in [1.165, 1.54) is 12.7 Å². The third kappa shape index (κ3) is 3.33. The van der Waals surface area contributed by atoms with Crippen molar-refractivity contribution in [3.8, 4) is 0 Å². The third-order valence-corrected chi connectivity index (χ3v) is 12.9. The number of aliphatic hydroxyl groups excluding tert-OH is 2. The van der Waals surface area contributed by atoms with E-state index < -0.39 is 6.10 Å². The van der Waals surface area contributed by atoms with Gasteiger partial charge in [0.1, 0.15) is 0 Å². The Bertz CT molecular complexity index is 919. The highest BCUT2D eigenvalue weighted by atomic mass is 16.5. The molecule has 10 atom stereocenters. The van der Waals surface area contributed by atoms with Gasteiger partial charge in [0, 0.05) is 5.92 Å². The second-order valence-corrected chi connectivity index (χ2v) is 15.3. The fourth-order valence-corrected chi connectivity index (χ4v) is 11.1. The Hall–Kier alpha value is -0.870. The maximum Gasteiger partial charge on any atom is 0.309 e. The Morgan fingerprint density at radius 1 is 0.943 bits per heavy atom. The zero-order chi connectivity index (χ0) is 25.8. The minimum Gasteiger partial charge on any atom is -0.469 e. The lowest BCUT2D eigenvalue weighted by atomic mass is 9.34. The van der Waals surface area contributed by atoms with Crippen molar-refractivity contribution in [2.24, 2.45) is 56.7 Å². The summed E-state index contributed by atoms with van der Waals surface area (Å²) in [5.41, 5.74) is 1.75. The molecule has 198 valence electrons. The average molecular weight is 487 g/mol. The van der Waals surface area contributed by atoms with E-state index in [1.807, 2.05) is 0 Å². The zero-order valence-corrected chi connectivity index (χ0v) is 23.5. The third-order valence-electron chi connectivity index (χ3n) is 12.9. The van der Waals surface area contributed by atoms with Crippen molar-refractivity contribution < 1.29 is 19.7 Å². The van der Waals surface area contributed by atoms with E-state index in [9.17, 15) is 15.0 Å². The summed E-state index contributed by atoms with van der Waals surface area (Å²) >= 11 is 0. The number of hydrogen-bond acceptors (Lipinski definition) is 4. The fourth-order valence-electron chi connectivity index (χ4n) is 11.1. The first kappa shape index (κ1) is 25.8. The molecule has 0 spiro atoms. The number of allylic oxidation sites excluding steroid dienone is 2. The van der Waals surface area contributed by atoms with Crippen LogP contribution in [0.2, 0.25) is 0 Å². The predicted octanol–water partition coefficient (Wildman–Crippen LogP) is 6.15. The van der Waals surface area contributed by atoms with Crippen molar-refractivity contribution in [1.29, 1.82) is 0 Å². The quantitative estimate of drug-likeness (QED) is 0.345. The van der Waals surface area contributed by atoms with Gasteiger partial charge in [-0.15, -0.1) is 0 Å². The second-order valence-electron chi connectivity index (χ2n) is 15.3. The van der Waals surface area contributed by atoms with Crippen molar-refractivity contribution in [3.63, 3.8) is 0 Å². The molecule has 5 aliphatic carbocycles. The van der Waals surface area contributed by atoms with Gasteiger partial charge < -0.3 is 14.9 Å². The van der Waals surface area contributed by atoms with Gasteiger partial charge in [-0.25, -0.2) is 0 Å². The van der Waals surface area contributed by atoms with Crippen LogP contribution in [0.25, 0.3) is 0 Å². The van der Waals surface area contributed by atoms with Crippen LogP contribution < -0.4 is 0 Å². The molecule has 0 amide bonds. The second kappa shape index (κ2) is 7.82. The molecule has 0 unspecified atom stereocenters. The lowest BCUT2D eigenvalue weighted by molar-refractivity contribution is -0.210. The molecule has 35 heavy (non-hydrogen) atoms. The van der Waals surface area contributed by atoms with Crippen LogP contribution in [0.15, 0.2) is 11.6 Å². The van der Waals surface area contributed by atoms with Crippen molar-refractivity contribution in [2.45, 2.75) is 112 Å². The molecule has 5 aliphatic rings. The van der Waals surface area contributed by atoms with E-state index in [4.69, 9.17) is 4.74 Å². The summed E-state index contributed by atoms with van der Waals surface area (Å²) in [6, 6.07) is 0. The van der Waals surface area contributed by atoms with E-state index in [0.29, 0.717) is 11.8 Å². The molecule has 0 aromatic carbocycles. The maximum absolute atomic E-state index is 12.9. The first-order valence-corrected chi connectivity index (χ1v) is 14.3. The number of rotatable bonds is 1. The molecule has 0 bridgehead atoms. The molecule has 4 fully saturated rings. The summed E-state index contributed by atoms with van der Waals surface area (Å²) < 4.78 is 5.26. The standard InChI is InChI=1S/C31H50O4/c1-27(2)15-18-20-9-10-23-29(5)13-12-24(33)28(3,4)22(29)11-14-30(23,6)31(20,7)17-21(32)25(18)19(16-27)26(34)35-8/h9,18-19,21-25,32-33H,10-17H2,1-8H3/t18-,19+,21+,22+,23+,24-,25-,29-,30+,31+/m0/s1. The minimum atomic E-state index is -0.479. The normalized spacial score (nSPS) is 52.2. The average Bonchev–Trinajstić information content (AvgIpc) is 2.75. The first-order chi connectivity index (χ1) is 16.1. The molecule has 4 heteroatoms. The zero-order valence-electron chi connectivity index (χ0n) is 23.5. The summed E-state index contributed by atoms with van der Waals surface area (Å²) in [4.78, 5) is 12.9. The molecule has 4 nitrogen and oxygen atoms in total. The fraction of sp³-hybridized carbons (Fsp3) is 0.903. The van der Waals surface area contributed by atoms with Gasteiger partial charge >= 0.3 is 5.97 Å². The lowest BCUT2D eigenvalue weighted by Crippen LogP contribution is -2.65. The molecule has 0 radical (unpaired) electrons. The van der Waals surface area contributed by atoms with Crippen molar-refractivity contribution in [1.82, 2.24) is 0 Å². The Balaban J connectivity index is 1.58. The first-order valence-electron chi connectivity index (χ1n) is 14.3. The molecular weight excluding hydrogens is 436 g/mol. The van der Waals surface area contributed by atoms with Crippen LogP contribution in [-0.2, 0) is 9.53 Å². The number of carbonyl (C=O) groups excluding carboxylic acids is 1. The number of aliphatic hydroxyl groups is 2. The molecule has 2 N–H and O–H groups in total.